The Balaban J connectivity index is 2.44. The first kappa shape index (κ1) is 10.6. The lowest BCUT2D eigenvalue weighted by Crippen LogP contribution is -2.26. The molecule has 1 heterocycles. The molecule has 0 aromatic carbocycles. The van der Waals surface area contributed by atoms with E-state index >= 15 is 0 Å². The van der Waals surface area contributed by atoms with Crippen LogP contribution in [-0.2, 0) is 10.7 Å². The molecule has 0 aliphatic rings. The lowest BCUT2D eigenvalue weighted by molar-refractivity contribution is 0.0956. The second kappa shape index (κ2) is 5.33. The van der Waals surface area contributed by atoms with Gasteiger partial charge in [0.2, 0.25) is 0 Å². The molecule has 1 aromatic rings. The second-order valence-electron chi connectivity index (χ2n) is 2.55. The van der Waals surface area contributed by atoms with E-state index in [0.717, 1.165) is 0 Å². The van der Waals surface area contributed by atoms with Crippen molar-refractivity contribution in [2.24, 2.45) is 0 Å². The molecule has 0 unspecified atom stereocenters. The Morgan fingerprint density at radius 3 is 2.86 bits per heavy atom. The zero-order chi connectivity index (χ0) is 10.4. The molecule has 5 nitrogen and oxygen atoms in total. The number of hydrogen-bond donors (Lipinski definition) is 2. The zero-order valence-electron chi connectivity index (χ0n) is 7.34. The van der Waals surface area contributed by atoms with Crippen LogP contribution in [0.4, 0.5) is 0 Å². The normalized spacial score (nSPS) is 10.1. The van der Waals surface area contributed by atoms with E-state index in [1.165, 1.54) is 6.20 Å². The number of amides is 1. The maximum atomic E-state index is 11.3. The zero-order valence-corrected chi connectivity index (χ0v) is 8.24. The molecule has 0 saturated carbocycles. The number of nitrogens with zero attached hydrogens (tertiary/aromatic N) is 1. The average molecular weight is 214 g/mol. The van der Waals surface area contributed by atoms with Crippen LogP contribution in [0.3, 0.4) is 0 Å². The molecule has 0 aliphatic heterocycles. The standard InChI is InChI=1S/C8H10N2O3S/c11-8(10-4-5-14(12)13)7-2-1-3-9-6-7/h1-3,6,14H,4-5H2,(H,10,11). The smallest absolute Gasteiger partial charge is 0.252 e. The van der Waals surface area contributed by atoms with E-state index < -0.39 is 10.7 Å². The van der Waals surface area contributed by atoms with Crippen LogP contribution in [-0.4, -0.2) is 31.6 Å². The molecule has 0 atom stereocenters. The van der Waals surface area contributed by atoms with Crippen LogP contribution in [0.15, 0.2) is 24.5 Å². The average Bonchev–Trinajstić information content (AvgIpc) is 2.18. The van der Waals surface area contributed by atoms with Crippen molar-refractivity contribution in [3.63, 3.8) is 0 Å². The van der Waals surface area contributed by atoms with Crippen molar-refractivity contribution >= 4 is 16.6 Å². The van der Waals surface area contributed by atoms with Gasteiger partial charge in [-0.3, -0.25) is 9.78 Å². The summed E-state index contributed by atoms with van der Waals surface area (Å²) in [5.74, 6) is -0.351. The Kier molecular flexibility index (Phi) is 4.06. The second-order valence-corrected chi connectivity index (χ2v) is 3.67. The van der Waals surface area contributed by atoms with Crippen LogP contribution in [0.25, 0.3) is 0 Å². The van der Waals surface area contributed by atoms with E-state index in [1.54, 1.807) is 18.3 Å². The van der Waals surface area contributed by atoms with Crippen LogP contribution in [0.1, 0.15) is 10.4 Å². The van der Waals surface area contributed by atoms with Crippen LogP contribution in [0, 0.1) is 0 Å². The molecular formula is C8H10N2O3S. The van der Waals surface area contributed by atoms with Crippen LogP contribution < -0.4 is 5.32 Å². The molecular weight excluding hydrogens is 204 g/mol. The summed E-state index contributed by atoms with van der Waals surface area (Å²) in [5.41, 5.74) is 0.425. The molecule has 1 N–H and O–H groups in total. The van der Waals surface area contributed by atoms with Gasteiger partial charge in [-0.1, -0.05) is 0 Å². The van der Waals surface area contributed by atoms with Crippen molar-refractivity contribution in [3.05, 3.63) is 30.1 Å². The first-order valence-corrected chi connectivity index (χ1v) is 5.36. The maximum Gasteiger partial charge on any atom is 0.252 e. The fourth-order valence-corrected chi connectivity index (χ4v) is 1.15. The first-order chi connectivity index (χ1) is 6.70. The minimum absolute atomic E-state index is 0.0403. The number of carbonyl (C=O) groups excluding carboxylic acids is 1. The fraction of sp³-hybridized carbons (Fsp3) is 0.250. The van der Waals surface area contributed by atoms with Crippen molar-refractivity contribution in [2.75, 3.05) is 12.3 Å². The molecule has 0 fully saturated rings. The molecule has 14 heavy (non-hydrogen) atoms. The van der Waals surface area contributed by atoms with Gasteiger partial charge in [-0.25, -0.2) is 8.42 Å². The van der Waals surface area contributed by atoms with Gasteiger partial charge in [-0.05, 0) is 12.1 Å². The Labute approximate surface area is 83.1 Å². The van der Waals surface area contributed by atoms with Crippen LogP contribution in [0.2, 0.25) is 0 Å². The molecule has 1 rings (SSSR count). The number of hydrogen-bond acceptors (Lipinski definition) is 4. The number of rotatable bonds is 4. The largest absolute Gasteiger partial charge is 0.351 e. The summed E-state index contributed by atoms with van der Waals surface area (Å²) in [7, 11) is -2.43. The highest BCUT2D eigenvalue weighted by Gasteiger charge is 2.03. The SMILES string of the molecule is O=C(NCC[SH](=O)=O)c1cccnc1. The Morgan fingerprint density at radius 2 is 2.29 bits per heavy atom. The molecule has 0 spiro atoms. The molecule has 6 heteroatoms. The number of nitrogens with one attached hydrogen (secondary N) is 1. The quantitative estimate of drug-likeness (QED) is 0.658. The fourth-order valence-electron chi connectivity index (χ4n) is 0.860. The topological polar surface area (TPSA) is 76.1 Å². The minimum Gasteiger partial charge on any atom is -0.351 e. The monoisotopic (exact) mass is 214 g/mol. The summed E-state index contributed by atoms with van der Waals surface area (Å²) >= 11 is 0. The highest BCUT2D eigenvalue weighted by Crippen LogP contribution is 1.94. The van der Waals surface area contributed by atoms with Crippen molar-refractivity contribution in [1.82, 2.24) is 10.3 Å². The lowest BCUT2D eigenvalue weighted by Gasteiger charge is -2.01. The third-order valence-corrected chi connectivity index (χ3v) is 2.09. The van der Waals surface area contributed by atoms with Crippen molar-refractivity contribution in [3.8, 4) is 0 Å². The summed E-state index contributed by atoms with van der Waals surface area (Å²) < 4.78 is 20.4. The molecule has 76 valence electrons. The highest BCUT2D eigenvalue weighted by molar-refractivity contribution is 7.72. The van der Waals surface area contributed by atoms with Gasteiger partial charge >= 0.3 is 0 Å². The summed E-state index contributed by atoms with van der Waals surface area (Å²) in [6, 6.07) is 3.25. The summed E-state index contributed by atoms with van der Waals surface area (Å²) in [4.78, 5) is 15.0. The third kappa shape index (κ3) is 3.53. The van der Waals surface area contributed by atoms with E-state index in [4.69, 9.17) is 0 Å². The number of pyridine rings is 1. The van der Waals surface area contributed by atoms with Crippen molar-refractivity contribution in [1.29, 1.82) is 0 Å². The predicted molar refractivity (Wildman–Crippen MR) is 51.8 cm³/mol. The highest BCUT2D eigenvalue weighted by atomic mass is 32.2. The number of aromatic nitrogens is 1. The lowest BCUT2D eigenvalue weighted by atomic mass is 10.3. The van der Waals surface area contributed by atoms with Gasteiger partial charge in [0.1, 0.15) is 10.7 Å². The van der Waals surface area contributed by atoms with E-state index in [1.807, 2.05) is 0 Å². The van der Waals surface area contributed by atoms with Gasteiger partial charge < -0.3 is 5.32 Å². The van der Waals surface area contributed by atoms with E-state index in [-0.39, 0.29) is 18.2 Å². The first-order valence-electron chi connectivity index (χ1n) is 4.00. The van der Waals surface area contributed by atoms with Gasteiger partial charge in [0.15, 0.2) is 0 Å². The maximum absolute atomic E-state index is 11.3. The molecule has 0 saturated heterocycles. The molecule has 1 amide bonds. The van der Waals surface area contributed by atoms with Gasteiger partial charge in [-0.2, -0.15) is 0 Å². The van der Waals surface area contributed by atoms with Crippen LogP contribution in [0.5, 0.6) is 0 Å². The van der Waals surface area contributed by atoms with Crippen molar-refractivity contribution < 1.29 is 13.2 Å². The molecule has 1 aromatic heterocycles. The minimum atomic E-state index is -2.43. The summed E-state index contributed by atoms with van der Waals surface area (Å²) in [6.45, 7) is 0.131. The number of carbonyl (C=O) groups is 1. The molecule has 0 aliphatic carbocycles. The molecule has 0 radical (unpaired) electrons. The van der Waals surface area contributed by atoms with Gasteiger partial charge in [0.05, 0.1) is 11.3 Å². The Hall–Kier alpha value is -1.43. The Bertz CT molecular complexity index is 367. The Morgan fingerprint density at radius 1 is 1.50 bits per heavy atom. The van der Waals surface area contributed by atoms with Crippen molar-refractivity contribution in [2.45, 2.75) is 0 Å². The van der Waals surface area contributed by atoms with E-state index in [2.05, 4.69) is 10.3 Å². The van der Waals surface area contributed by atoms with E-state index in [0.29, 0.717) is 5.56 Å². The van der Waals surface area contributed by atoms with Gasteiger partial charge in [0.25, 0.3) is 5.91 Å². The van der Waals surface area contributed by atoms with Gasteiger partial charge in [0, 0.05) is 18.9 Å². The van der Waals surface area contributed by atoms with Gasteiger partial charge in [-0.15, -0.1) is 0 Å². The molecule has 0 bridgehead atoms. The summed E-state index contributed by atoms with van der Waals surface area (Å²) in [6.07, 6.45) is 2.98. The predicted octanol–water partition coefficient (Wildman–Crippen LogP) is -0.577. The number of thiol groups is 1. The van der Waals surface area contributed by atoms with Crippen LogP contribution >= 0.6 is 0 Å². The van der Waals surface area contributed by atoms with E-state index in [9.17, 15) is 13.2 Å². The third-order valence-electron chi connectivity index (χ3n) is 1.50. The summed E-state index contributed by atoms with van der Waals surface area (Å²) in [5, 5.41) is 2.47.